The molecule has 0 saturated heterocycles. The summed E-state index contributed by atoms with van der Waals surface area (Å²) in [5.74, 6) is 0. The van der Waals surface area contributed by atoms with Crippen LogP contribution in [0.15, 0.2) is 10.2 Å². The van der Waals surface area contributed by atoms with Crippen LogP contribution < -0.4 is 0 Å². The molecule has 0 heterocycles. The van der Waals surface area contributed by atoms with Gasteiger partial charge in [0.05, 0.1) is 0 Å². The van der Waals surface area contributed by atoms with Crippen LogP contribution in [-0.2, 0) is 0 Å². The van der Waals surface area contributed by atoms with Crippen LogP contribution in [0.4, 0.5) is 0 Å². The Hall–Kier alpha value is -0.370. The molecule has 86 valence electrons. The molecule has 0 aromatic carbocycles. The molecule has 2 aliphatic carbocycles. The van der Waals surface area contributed by atoms with Gasteiger partial charge in [0.2, 0.25) is 0 Å². The van der Waals surface area contributed by atoms with E-state index in [4.69, 9.17) is 0 Å². The summed E-state index contributed by atoms with van der Waals surface area (Å²) in [6.07, 6.45) is 12.8. The molecule has 0 radical (unpaired) electrons. The molecule has 2 fully saturated rings. The van der Waals surface area contributed by atoms with E-state index in [1.165, 1.54) is 75.6 Å². The van der Waals surface area contributed by atoms with Crippen LogP contribution in [0.3, 0.4) is 0 Å². The Bertz CT molecular complexity index is 204. The van der Waals surface area contributed by atoms with E-state index < -0.39 is 0 Å². The Morgan fingerprint density at radius 2 is 0.867 bits per heavy atom. The van der Waals surface area contributed by atoms with Crippen molar-refractivity contribution in [2.24, 2.45) is 10.2 Å². The average molecular weight is 229 g/mol. The van der Waals surface area contributed by atoms with Crippen molar-refractivity contribution in [3.8, 4) is 0 Å². The average Bonchev–Trinajstić information content (AvgIpc) is 2.29. The first-order valence-corrected chi connectivity index (χ1v) is 6.06. The molecule has 0 aliphatic heterocycles. The third-order valence-corrected chi connectivity index (χ3v) is 3.19. The highest BCUT2D eigenvalue weighted by molar-refractivity contribution is 5.88. The summed E-state index contributed by atoms with van der Waals surface area (Å²) in [7, 11) is 0. The van der Waals surface area contributed by atoms with Crippen LogP contribution in [0.2, 0.25) is 0 Å². The van der Waals surface area contributed by atoms with E-state index in [2.05, 4.69) is 10.2 Å². The van der Waals surface area contributed by atoms with E-state index in [9.17, 15) is 0 Å². The third kappa shape index (κ3) is 4.33. The predicted octanol–water partition coefficient (Wildman–Crippen LogP) is 4.13. The molecule has 3 heteroatoms. The van der Waals surface area contributed by atoms with E-state index in [-0.39, 0.29) is 12.4 Å². The first kappa shape index (κ1) is 12.7. The fraction of sp³-hybridized carbons (Fsp3) is 0.833. The Morgan fingerprint density at radius 3 is 1.20 bits per heavy atom. The van der Waals surface area contributed by atoms with Crippen molar-refractivity contribution in [1.29, 1.82) is 0 Å². The quantitative estimate of drug-likeness (QED) is 0.603. The van der Waals surface area contributed by atoms with Gasteiger partial charge in [-0.15, -0.1) is 12.4 Å². The zero-order valence-corrected chi connectivity index (χ0v) is 10.2. The van der Waals surface area contributed by atoms with Crippen LogP contribution in [0.25, 0.3) is 0 Å². The summed E-state index contributed by atoms with van der Waals surface area (Å²) in [4.78, 5) is 0. The van der Waals surface area contributed by atoms with Gasteiger partial charge in [-0.05, 0) is 51.4 Å². The molecule has 0 N–H and O–H groups in total. The summed E-state index contributed by atoms with van der Waals surface area (Å²) in [5.41, 5.74) is 2.68. The highest BCUT2D eigenvalue weighted by Gasteiger charge is 2.08. The molecule has 0 aromatic rings. The predicted molar refractivity (Wildman–Crippen MR) is 68.3 cm³/mol. The Morgan fingerprint density at radius 1 is 0.533 bits per heavy atom. The molecular formula is C12H21ClN2. The smallest absolute Gasteiger partial charge is 0.0405 e. The molecule has 0 aromatic heterocycles. The second-order valence-electron chi connectivity index (χ2n) is 4.45. The van der Waals surface area contributed by atoms with E-state index in [1.54, 1.807) is 0 Å². The van der Waals surface area contributed by atoms with Crippen LogP contribution in [-0.4, -0.2) is 11.4 Å². The van der Waals surface area contributed by atoms with E-state index in [0.717, 1.165) is 0 Å². The van der Waals surface area contributed by atoms with Crippen molar-refractivity contribution >= 4 is 23.8 Å². The standard InChI is InChI=1S/C12H20N2.ClH/c1-3-7-11(8-4-1)13-14-12-9-5-2-6-10-12;/h1-10H2;1H. The van der Waals surface area contributed by atoms with Crippen LogP contribution in [0.1, 0.15) is 64.2 Å². The molecule has 0 amide bonds. The first-order valence-electron chi connectivity index (χ1n) is 6.06. The second kappa shape index (κ2) is 7.00. The molecule has 2 aliphatic rings. The van der Waals surface area contributed by atoms with Crippen molar-refractivity contribution in [3.05, 3.63) is 0 Å². The molecular weight excluding hydrogens is 208 g/mol. The van der Waals surface area contributed by atoms with Gasteiger partial charge in [0, 0.05) is 11.4 Å². The second-order valence-corrected chi connectivity index (χ2v) is 4.45. The van der Waals surface area contributed by atoms with Crippen LogP contribution in [0, 0.1) is 0 Å². The van der Waals surface area contributed by atoms with Crippen LogP contribution >= 0.6 is 12.4 Å². The minimum absolute atomic E-state index is 0. The van der Waals surface area contributed by atoms with Crippen LogP contribution in [0.5, 0.6) is 0 Å². The van der Waals surface area contributed by atoms with Crippen molar-refractivity contribution in [2.75, 3.05) is 0 Å². The molecule has 0 atom stereocenters. The lowest BCUT2D eigenvalue weighted by Crippen LogP contribution is -2.06. The number of hydrogen-bond donors (Lipinski definition) is 0. The maximum Gasteiger partial charge on any atom is 0.0405 e. The zero-order chi connectivity index (χ0) is 9.64. The summed E-state index contributed by atoms with van der Waals surface area (Å²) in [6, 6.07) is 0. The summed E-state index contributed by atoms with van der Waals surface area (Å²) in [5, 5.41) is 8.82. The van der Waals surface area contributed by atoms with Gasteiger partial charge in [-0.25, -0.2) is 0 Å². The summed E-state index contributed by atoms with van der Waals surface area (Å²) < 4.78 is 0. The minimum Gasteiger partial charge on any atom is -0.160 e. The molecule has 0 unspecified atom stereocenters. The van der Waals surface area contributed by atoms with Gasteiger partial charge in [-0.2, -0.15) is 10.2 Å². The number of nitrogens with zero attached hydrogens (tertiary/aromatic N) is 2. The molecule has 2 saturated carbocycles. The molecule has 0 bridgehead atoms. The number of rotatable bonds is 1. The van der Waals surface area contributed by atoms with Crippen molar-refractivity contribution in [1.82, 2.24) is 0 Å². The fourth-order valence-corrected chi connectivity index (χ4v) is 2.26. The molecule has 15 heavy (non-hydrogen) atoms. The molecule has 0 spiro atoms. The number of halogens is 1. The normalized spacial score (nSPS) is 21.9. The largest absolute Gasteiger partial charge is 0.160 e. The maximum absolute atomic E-state index is 4.41. The minimum atomic E-state index is 0. The fourth-order valence-electron chi connectivity index (χ4n) is 2.26. The van der Waals surface area contributed by atoms with E-state index in [1.807, 2.05) is 0 Å². The van der Waals surface area contributed by atoms with Gasteiger partial charge in [-0.1, -0.05) is 12.8 Å². The third-order valence-electron chi connectivity index (χ3n) is 3.19. The lowest BCUT2D eigenvalue weighted by atomic mass is 9.98. The highest BCUT2D eigenvalue weighted by atomic mass is 35.5. The highest BCUT2D eigenvalue weighted by Crippen LogP contribution is 2.17. The molecule has 2 rings (SSSR count). The monoisotopic (exact) mass is 228 g/mol. The zero-order valence-electron chi connectivity index (χ0n) is 9.37. The van der Waals surface area contributed by atoms with Gasteiger partial charge < -0.3 is 0 Å². The van der Waals surface area contributed by atoms with Crippen molar-refractivity contribution in [3.63, 3.8) is 0 Å². The lowest BCUT2D eigenvalue weighted by Gasteiger charge is -2.12. The van der Waals surface area contributed by atoms with Crippen molar-refractivity contribution < 1.29 is 0 Å². The Kier molecular flexibility index (Phi) is 5.92. The van der Waals surface area contributed by atoms with E-state index >= 15 is 0 Å². The van der Waals surface area contributed by atoms with Crippen molar-refractivity contribution in [2.45, 2.75) is 64.2 Å². The Balaban J connectivity index is 0.00000112. The van der Waals surface area contributed by atoms with Gasteiger partial charge in [0.1, 0.15) is 0 Å². The lowest BCUT2D eigenvalue weighted by molar-refractivity contribution is 0.657. The first-order chi connectivity index (χ1) is 6.95. The summed E-state index contributed by atoms with van der Waals surface area (Å²) >= 11 is 0. The van der Waals surface area contributed by atoms with Gasteiger partial charge in [0.15, 0.2) is 0 Å². The van der Waals surface area contributed by atoms with Gasteiger partial charge in [0.25, 0.3) is 0 Å². The van der Waals surface area contributed by atoms with Gasteiger partial charge in [-0.3, -0.25) is 0 Å². The number of hydrogen-bond acceptors (Lipinski definition) is 2. The Labute approximate surface area is 98.7 Å². The maximum atomic E-state index is 4.41. The van der Waals surface area contributed by atoms with E-state index in [0.29, 0.717) is 0 Å². The summed E-state index contributed by atoms with van der Waals surface area (Å²) in [6.45, 7) is 0. The SMILES string of the molecule is C1CCC(=NN=C2CCCCC2)CC1.Cl. The molecule has 2 nitrogen and oxygen atoms in total. The van der Waals surface area contributed by atoms with Gasteiger partial charge >= 0.3 is 0 Å². The topological polar surface area (TPSA) is 24.7 Å².